The van der Waals surface area contributed by atoms with Crippen LogP contribution in [0.2, 0.25) is 0 Å². The Bertz CT molecular complexity index is 45.7. The number of rotatable bonds is 4. The SMILES string of the molecule is CCCC(O)CNI. The van der Waals surface area contributed by atoms with Gasteiger partial charge in [0.25, 0.3) is 0 Å². The van der Waals surface area contributed by atoms with Gasteiger partial charge in [0.15, 0.2) is 0 Å². The molecule has 3 heteroatoms. The van der Waals surface area contributed by atoms with Gasteiger partial charge in [-0.05, 0) is 6.42 Å². The summed E-state index contributed by atoms with van der Waals surface area (Å²) >= 11 is 2.03. The molecule has 0 rings (SSSR count). The van der Waals surface area contributed by atoms with Gasteiger partial charge >= 0.3 is 0 Å². The van der Waals surface area contributed by atoms with Gasteiger partial charge in [0.05, 0.1) is 6.10 Å². The molecular weight excluding hydrogens is 217 g/mol. The zero-order valence-electron chi connectivity index (χ0n) is 5.02. The first-order chi connectivity index (χ1) is 3.81. The van der Waals surface area contributed by atoms with Crippen molar-refractivity contribution in [3.05, 3.63) is 0 Å². The van der Waals surface area contributed by atoms with E-state index in [-0.39, 0.29) is 6.10 Å². The van der Waals surface area contributed by atoms with Crippen molar-refractivity contribution in [1.29, 1.82) is 0 Å². The maximum absolute atomic E-state index is 8.98. The van der Waals surface area contributed by atoms with Crippen molar-refractivity contribution >= 4 is 22.9 Å². The molecule has 0 bridgehead atoms. The molecule has 0 saturated heterocycles. The highest BCUT2D eigenvalue weighted by atomic mass is 127. The zero-order chi connectivity index (χ0) is 6.41. The van der Waals surface area contributed by atoms with Crippen LogP contribution in [0, 0.1) is 0 Å². The summed E-state index contributed by atoms with van der Waals surface area (Å²) in [5, 5.41) is 8.98. The standard InChI is InChI=1S/C5H12INO/c1-2-3-5(8)4-7-6/h5,7-8H,2-4H2,1H3. The van der Waals surface area contributed by atoms with Gasteiger partial charge in [-0.15, -0.1) is 0 Å². The van der Waals surface area contributed by atoms with Gasteiger partial charge in [-0.3, -0.25) is 3.53 Å². The summed E-state index contributed by atoms with van der Waals surface area (Å²) in [7, 11) is 0. The molecule has 0 aliphatic heterocycles. The van der Waals surface area contributed by atoms with Crippen LogP contribution in [0.1, 0.15) is 19.8 Å². The van der Waals surface area contributed by atoms with E-state index in [2.05, 4.69) is 10.5 Å². The van der Waals surface area contributed by atoms with Crippen molar-refractivity contribution in [1.82, 2.24) is 3.53 Å². The smallest absolute Gasteiger partial charge is 0.0672 e. The topological polar surface area (TPSA) is 32.3 Å². The second-order valence-electron chi connectivity index (χ2n) is 1.78. The highest BCUT2D eigenvalue weighted by Gasteiger charge is 1.97. The molecule has 0 heterocycles. The van der Waals surface area contributed by atoms with Crippen molar-refractivity contribution < 1.29 is 5.11 Å². The molecule has 0 aromatic carbocycles. The highest BCUT2D eigenvalue weighted by Crippen LogP contribution is 1.93. The lowest BCUT2D eigenvalue weighted by atomic mass is 10.2. The van der Waals surface area contributed by atoms with Gasteiger partial charge in [-0.2, -0.15) is 0 Å². The molecule has 0 aliphatic carbocycles. The largest absolute Gasteiger partial charge is 0.392 e. The van der Waals surface area contributed by atoms with Crippen LogP contribution in [0.4, 0.5) is 0 Å². The highest BCUT2D eigenvalue weighted by molar-refractivity contribution is 14.1. The Kier molecular flexibility index (Phi) is 6.25. The third-order valence-electron chi connectivity index (χ3n) is 0.935. The zero-order valence-corrected chi connectivity index (χ0v) is 7.18. The molecule has 2 N–H and O–H groups in total. The lowest BCUT2D eigenvalue weighted by molar-refractivity contribution is 0.169. The molecule has 0 aromatic heterocycles. The van der Waals surface area contributed by atoms with Gasteiger partial charge in [0.2, 0.25) is 0 Å². The number of aliphatic hydroxyl groups is 1. The Hall–Kier alpha value is 0.650. The quantitative estimate of drug-likeness (QED) is 0.558. The molecule has 50 valence electrons. The summed E-state index contributed by atoms with van der Waals surface area (Å²) in [5.74, 6) is 0. The molecule has 0 aliphatic rings. The fourth-order valence-electron chi connectivity index (χ4n) is 0.524. The lowest BCUT2D eigenvalue weighted by Gasteiger charge is -2.04. The first-order valence-electron chi connectivity index (χ1n) is 2.82. The predicted molar refractivity (Wildman–Crippen MR) is 42.9 cm³/mol. The Morgan fingerprint density at radius 1 is 1.75 bits per heavy atom. The average Bonchev–Trinajstić information content (AvgIpc) is 1.68. The summed E-state index contributed by atoms with van der Waals surface area (Å²) in [6, 6.07) is 0. The average molecular weight is 229 g/mol. The molecule has 0 aromatic rings. The van der Waals surface area contributed by atoms with E-state index in [1.807, 2.05) is 22.9 Å². The third-order valence-corrected chi connectivity index (χ3v) is 1.38. The number of hydrogen-bond donors (Lipinski definition) is 2. The first-order valence-corrected chi connectivity index (χ1v) is 3.90. The molecule has 0 spiro atoms. The van der Waals surface area contributed by atoms with Crippen LogP contribution in [0.25, 0.3) is 0 Å². The summed E-state index contributed by atoms with van der Waals surface area (Å²) in [6.07, 6.45) is 1.80. The van der Waals surface area contributed by atoms with Crippen LogP contribution in [0.5, 0.6) is 0 Å². The minimum atomic E-state index is -0.156. The third kappa shape index (κ3) is 4.80. The maximum Gasteiger partial charge on any atom is 0.0672 e. The Labute approximate surface area is 64.2 Å². The molecule has 2 nitrogen and oxygen atoms in total. The van der Waals surface area contributed by atoms with Crippen LogP contribution in [-0.4, -0.2) is 17.8 Å². The summed E-state index contributed by atoms with van der Waals surface area (Å²) in [5.41, 5.74) is 0. The van der Waals surface area contributed by atoms with E-state index in [0.717, 1.165) is 12.8 Å². The van der Waals surface area contributed by atoms with Gasteiger partial charge in [0, 0.05) is 29.4 Å². The number of halogens is 1. The molecular formula is C5H12INO. The van der Waals surface area contributed by atoms with Crippen molar-refractivity contribution in [2.45, 2.75) is 25.9 Å². The van der Waals surface area contributed by atoms with Gasteiger partial charge in [-0.1, -0.05) is 13.3 Å². The van der Waals surface area contributed by atoms with Crippen LogP contribution < -0.4 is 3.53 Å². The van der Waals surface area contributed by atoms with E-state index in [1.165, 1.54) is 0 Å². The Balaban J connectivity index is 2.92. The van der Waals surface area contributed by atoms with Crippen molar-refractivity contribution in [2.75, 3.05) is 6.54 Å². The molecule has 0 saturated carbocycles. The number of nitrogens with one attached hydrogen (secondary N) is 1. The van der Waals surface area contributed by atoms with Crippen LogP contribution in [0.15, 0.2) is 0 Å². The molecule has 0 radical (unpaired) electrons. The predicted octanol–water partition coefficient (Wildman–Crippen LogP) is 1.09. The van der Waals surface area contributed by atoms with E-state index < -0.39 is 0 Å². The Morgan fingerprint density at radius 3 is 2.75 bits per heavy atom. The lowest BCUT2D eigenvalue weighted by Crippen LogP contribution is -2.18. The number of hydrogen-bond acceptors (Lipinski definition) is 2. The van der Waals surface area contributed by atoms with Crippen molar-refractivity contribution in [3.63, 3.8) is 0 Å². The van der Waals surface area contributed by atoms with Crippen molar-refractivity contribution in [2.24, 2.45) is 0 Å². The van der Waals surface area contributed by atoms with Crippen molar-refractivity contribution in [3.8, 4) is 0 Å². The normalized spacial score (nSPS) is 13.9. The molecule has 1 unspecified atom stereocenters. The fourth-order valence-corrected chi connectivity index (χ4v) is 1.03. The summed E-state index contributed by atoms with van der Waals surface area (Å²) in [6.45, 7) is 2.77. The molecule has 0 fully saturated rings. The summed E-state index contributed by atoms with van der Waals surface area (Å²) < 4.78 is 2.87. The van der Waals surface area contributed by atoms with E-state index in [4.69, 9.17) is 5.11 Å². The second kappa shape index (κ2) is 5.78. The second-order valence-corrected chi connectivity index (χ2v) is 2.54. The monoisotopic (exact) mass is 229 g/mol. The summed E-state index contributed by atoms with van der Waals surface area (Å²) in [4.78, 5) is 0. The van der Waals surface area contributed by atoms with Crippen LogP contribution in [0.3, 0.4) is 0 Å². The molecule has 1 atom stereocenters. The maximum atomic E-state index is 8.98. The van der Waals surface area contributed by atoms with E-state index in [0.29, 0.717) is 6.54 Å². The minimum Gasteiger partial charge on any atom is -0.392 e. The van der Waals surface area contributed by atoms with E-state index >= 15 is 0 Å². The van der Waals surface area contributed by atoms with Gasteiger partial charge < -0.3 is 5.11 Å². The van der Waals surface area contributed by atoms with Crippen LogP contribution >= 0.6 is 22.9 Å². The van der Waals surface area contributed by atoms with E-state index in [1.54, 1.807) is 0 Å². The Morgan fingerprint density at radius 2 is 2.38 bits per heavy atom. The van der Waals surface area contributed by atoms with Crippen LogP contribution in [-0.2, 0) is 0 Å². The van der Waals surface area contributed by atoms with Gasteiger partial charge in [-0.25, -0.2) is 0 Å². The van der Waals surface area contributed by atoms with E-state index in [9.17, 15) is 0 Å². The minimum absolute atomic E-state index is 0.156. The molecule has 8 heavy (non-hydrogen) atoms. The molecule has 0 amide bonds. The number of aliphatic hydroxyl groups excluding tert-OH is 1. The first kappa shape index (κ1) is 8.65. The fraction of sp³-hybridized carbons (Fsp3) is 1.00. The van der Waals surface area contributed by atoms with Gasteiger partial charge in [0.1, 0.15) is 0 Å².